The maximum Gasteiger partial charge on any atom is 0.289 e. The van der Waals surface area contributed by atoms with E-state index >= 15 is 0 Å². The summed E-state index contributed by atoms with van der Waals surface area (Å²) >= 11 is 3.12. The Balaban J connectivity index is 0.00000441. The summed E-state index contributed by atoms with van der Waals surface area (Å²) in [6, 6.07) is 3.77. The highest BCUT2D eigenvalue weighted by atomic mass is 79.9. The molecule has 0 aliphatic rings. The minimum absolute atomic E-state index is 0. The van der Waals surface area contributed by atoms with E-state index < -0.39 is 26.2 Å². The molecule has 7 nitrogen and oxygen atoms in total. The molecular weight excluding hydrogens is 398 g/mol. The van der Waals surface area contributed by atoms with Crippen LogP contribution < -0.4 is 10.5 Å². The van der Waals surface area contributed by atoms with Gasteiger partial charge in [-0.1, -0.05) is 29.8 Å². The molecule has 0 atom stereocenters. The van der Waals surface area contributed by atoms with Crippen LogP contribution in [0, 0.1) is 10.1 Å². The van der Waals surface area contributed by atoms with E-state index in [1.807, 2.05) is 13.8 Å². The Morgan fingerprint density at radius 1 is 1.36 bits per heavy atom. The van der Waals surface area contributed by atoms with Crippen molar-refractivity contribution < 1.29 is 13.3 Å². The topological polar surface area (TPSA) is 115 Å². The van der Waals surface area contributed by atoms with Gasteiger partial charge in [0.05, 0.1) is 4.92 Å². The van der Waals surface area contributed by atoms with Gasteiger partial charge in [-0.05, 0) is 25.0 Å². The molecular formula is C12H19BrClN3O4S. The number of benzene rings is 1. The lowest BCUT2D eigenvalue weighted by molar-refractivity contribution is -0.387. The summed E-state index contributed by atoms with van der Waals surface area (Å²) in [7, 11) is -4.01. The number of hydrogen-bond donors (Lipinski definition) is 2. The molecule has 22 heavy (non-hydrogen) atoms. The number of nitrogens with zero attached hydrogens (tertiary/aromatic N) is 1. The SMILES string of the molecule is CCC(N)(CC)CNS(=O)(=O)c1cc(Br)ccc1[N+](=O)[O-].Cl. The van der Waals surface area contributed by atoms with Gasteiger partial charge in [0.1, 0.15) is 0 Å². The second-order valence-electron chi connectivity index (χ2n) is 4.76. The average Bonchev–Trinajstić information content (AvgIpc) is 2.44. The Morgan fingerprint density at radius 2 is 1.91 bits per heavy atom. The molecule has 1 rings (SSSR count). The van der Waals surface area contributed by atoms with E-state index in [1.165, 1.54) is 12.1 Å². The molecule has 0 saturated heterocycles. The van der Waals surface area contributed by atoms with E-state index in [0.29, 0.717) is 17.3 Å². The van der Waals surface area contributed by atoms with Crippen LogP contribution in [-0.2, 0) is 10.0 Å². The van der Waals surface area contributed by atoms with Crippen molar-refractivity contribution in [3.63, 3.8) is 0 Å². The van der Waals surface area contributed by atoms with Crippen molar-refractivity contribution >= 4 is 44.0 Å². The summed E-state index contributed by atoms with van der Waals surface area (Å²) in [6.07, 6.45) is 1.18. The van der Waals surface area contributed by atoms with Crippen LogP contribution in [0.5, 0.6) is 0 Å². The second kappa shape index (κ2) is 8.21. The quantitative estimate of drug-likeness (QED) is 0.523. The van der Waals surface area contributed by atoms with Gasteiger partial charge < -0.3 is 5.73 Å². The Labute approximate surface area is 144 Å². The summed E-state index contributed by atoms with van der Waals surface area (Å²) < 4.78 is 27.4. The lowest BCUT2D eigenvalue weighted by Gasteiger charge is -2.26. The monoisotopic (exact) mass is 415 g/mol. The predicted molar refractivity (Wildman–Crippen MR) is 90.7 cm³/mol. The van der Waals surface area contributed by atoms with Crippen LogP contribution in [0.15, 0.2) is 27.6 Å². The lowest BCUT2D eigenvalue weighted by Crippen LogP contribution is -2.49. The second-order valence-corrected chi connectivity index (χ2v) is 7.41. The number of nitro groups is 1. The molecule has 3 N–H and O–H groups in total. The minimum atomic E-state index is -4.01. The zero-order chi connectivity index (χ0) is 16.3. The minimum Gasteiger partial charge on any atom is -0.324 e. The standard InChI is InChI=1S/C12H18BrN3O4S.ClH/c1-3-12(14,4-2)8-15-21(19,20)11-7-9(13)5-6-10(11)16(17)18;/h5-7,15H,3-4,8,14H2,1-2H3;1H. The van der Waals surface area contributed by atoms with Crippen LogP contribution in [0.1, 0.15) is 26.7 Å². The molecule has 0 heterocycles. The molecule has 1 aromatic carbocycles. The highest BCUT2D eigenvalue weighted by Gasteiger charge is 2.29. The third kappa shape index (κ3) is 5.17. The number of halogens is 2. The summed E-state index contributed by atoms with van der Waals surface area (Å²) in [5.41, 5.74) is 4.90. The summed E-state index contributed by atoms with van der Waals surface area (Å²) in [4.78, 5) is 9.86. The predicted octanol–water partition coefficient (Wildman–Crippen LogP) is 2.57. The van der Waals surface area contributed by atoms with Gasteiger partial charge in [0.25, 0.3) is 5.69 Å². The highest BCUT2D eigenvalue weighted by molar-refractivity contribution is 9.10. The van der Waals surface area contributed by atoms with Crippen molar-refractivity contribution in [2.45, 2.75) is 37.1 Å². The van der Waals surface area contributed by atoms with Gasteiger partial charge in [-0.15, -0.1) is 12.4 Å². The van der Waals surface area contributed by atoms with Crippen LogP contribution in [-0.4, -0.2) is 25.4 Å². The summed E-state index contributed by atoms with van der Waals surface area (Å²) in [5, 5.41) is 11.0. The third-order valence-corrected chi connectivity index (χ3v) is 5.35. The van der Waals surface area contributed by atoms with E-state index in [9.17, 15) is 18.5 Å². The maximum atomic E-state index is 12.3. The van der Waals surface area contributed by atoms with Gasteiger partial charge in [-0.25, -0.2) is 13.1 Å². The van der Waals surface area contributed by atoms with Crippen molar-refractivity contribution in [1.82, 2.24) is 4.72 Å². The van der Waals surface area contributed by atoms with E-state index in [2.05, 4.69) is 20.7 Å². The van der Waals surface area contributed by atoms with E-state index in [4.69, 9.17) is 5.73 Å². The molecule has 0 unspecified atom stereocenters. The molecule has 0 saturated carbocycles. The molecule has 0 spiro atoms. The van der Waals surface area contributed by atoms with Crippen LogP contribution >= 0.6 is 28.3 Å². The Hall–Kier alpha value is -0.740. The molecule has 1 aromatic rings. The largest absolute Gasteiger partial charge is 0.324 e. The van der Waals surface area contributed by atoms with Gasteiger partial charge in [0.15, 0.2) is 4.90 Å². The number of rotatable bonds is 7. The smallest absolute Gasteiger partial charge is 0.289 e. The maximum absolute atomic E-state index is 12.3. The third-order valence-electron chi connectivity index (χ3n) is 3.43. The van der Waals surface area contributed by atoms with Crippen molar-refractivity contribution in [1.29, 1.82) is 0 Å². The zero-order valence-corrected chi connectivity index (χ0v) is 15.4. The van der Waals surface area contributed by atoms with Crippen molar-refractivity contribution in [2.75, 3.05) is 6.54 Å². The Kier molecular flexibility index (Phi) is 7.93. The molecule has 0 radical (unpaired) electrons. The van der Waals surface area contributed by atoms with Gasteiger partial charge in [-0.2, -0.15) is 0 Å². The number of nitrogens with two attached hydrogens (primary N) is 1. The number of sulfonamides is 1. The first kappa shape index (κ1) is 21.3. The van der Waals surface area contributed by atoms with Crippen LogP contribution in [0.4, 0.5) is 5.69 Å². The fourth-order valence-corrected chi connectivity index (χ4v) is 3.52. The fourth-order valence-electron chi connectivity index (χ4n) is 1.67. The number of nitrogens with one attached hydrogen (secondary N) is 1. The molecule has 10 heteroatoms. The lowest BCUT2D eigenvalue weighted by atomic mass is 9.95. The number of hydrogen-bond acceptors (Lipinski definition) is 5. The first-order chi connectivity index (χ1) is 9.65. The molecule has 126 valence electrons. The normalized spacial score (nSPS) is 11.8. The molecule has 0 bridgehead atoms. The summed E-state index contributed by atoms with van der Waals surface area (Å²) in [6.45, 7) is 3.74. The Morgan fingerprint density at radius 3 is 2.36 bits per heavy atom. The van der Waals surface area contributed by atoms with Crippen molar-refractivity contribution in [3.05, 3.63) is 32.8 Å². The highest BCUT2D eigenvalue weighted by Crippen LogP contribution is 2.27. The van der Waals surface area contributed by atoms with Crippen molar-refractivity contribution in [3.8, 4) is 0 Å². The zero-order valence-electron chi connectivity index (χ0n) is 12.2. The van der Waals surface area contributed by atoms with Crippen LogP contribution in [0.2, 0.25) is 0 Å². The fraction of sp³-hybridized carbons (Fsp3) is 0.500. The number of nitro benzene ring substituents is 1. The molecule has 0 aliphatic carbocycles. The van der Waals surface area contributed by atoms with Gasteiger partial charge in [0.2, 0.25) is 10.0 Å². The van der Waals surface area contributed by atoms with Crippen molar-refractivity contribution in [2.24, 2.45) is 5.73 Å². The Bertz CT molecular complexity index is 635. The van der Waals surface area contributed by atoms with E-state index in [-0.39, 0.29) is 23.8 Å². The van der Waals surface area contributed by atoms with Gasteiger partial charge >= 0.3 is 0 Å². The van der Waals surface area contributed by atoms with Crippen LogP contribution in [0.3, 0.4) is 0 Å². The molecule has 0 amide bonds. The molecule has 0 aliphatic heterocycles. The van der Waals surface area contributed by atoms with Crippen LogP contribution in [0.25, 0.3) is 0 Å². The average molecular weight is 417 g/mol. The van der Waals surface area contributed by atoms with E-state index in [1.54, 1.807) is 0 Å². The van der Waals surface area contributed by atoms with Gasteiger partial charge in [0, 0.05) is 22.6 Å². The molecule has 0 aromatic heterocycles. The van der Waals surface area contributed by atoms with E-state index in [0.717, 1.165) is 6.07 Å². The summed E-state index contributed by atoms with van der Waals surface area (Å²) in [5.74, 6) is 0. The van der Waals surface area contributed by atoms with Gasteiger partial charge in [-0.3, -0.25) is 10.1 Å². The first-order valence-electron chi connectivity index (χ1n) is 6.37. The molecule has 0 fully saturated rings. The first-order valence-corrected chi connectivity index (χ1v) is 8.65.